The largest absolute Gasteiger partial charge is 0.324 e. The van der Waals surface area contributed by atoms with E-state index in [2.05, 4.69) is 10.0 Å². The van der Waals surface area contributed by atoms with E-state index >= 15 is 0 Å². The lowest BCUT2D eigenvalue weighted by Gasteiger charge is -2.19. The Kier molecular flexibility index (Phi) is 6.46. The van der Waals surface area contributed by atoms with Crippen LogP contribution in [0.3, 0.4) is 0 Å². The minimum Gasteiger partial charge on any atom is -0.324 e. The van der Waals surface area contributed by atoms with Crippen LogP contribution in [0.15, 0.2) is 83.8 Å². The maximum Gasteiger partial charge on any atom is 0.242 e. The van der Waals surface area contributed by atoms with Crippen molar-refractivity contribution in [2.75, 3.05) is 5.32 Å². The number of nitrogens with one attached hydrogen (secondary N) is 2. The number of aryl methyl sites for hydroxylation is 2. The van der Waals surface area contributed by atoms with Gasteiger partial charge in [-0.3, -0.25) is 4.79 Å². The minimum absolute atomic E-state index is 0.129. The van der Waals surface area contributed by atoms with Crippen LogP contribution in [0.5, 0.6) is 0 Å². The third-order valence-electron chi connectivity index (χ3n) is 4.63. The van der Waals surface area contributed by atoms with Crippen LogP contribution in [0.4, 0.5) is 5.69 Å². The van der Waals surface area contributed by atoms with E-state index in [0.29, 0.717) is 5.69 Å². The van der Waals surface area contributed by atoms with Crippen molar-refractivity contribution in [1.29, 1.82) is 0 Å². The smallest absolute Gasteiger partial charge is 0.242 e. The molecule has 0 aliphatic heterocycles. The van der Waals surface area contributed by atoms with E-state index in [-0.39, 0.29) is 11.3 Å². The molecule has 0 aliphatic rings. The summed E-state index contributed by atoms with van der Waals surface area (Å²) < 4.78 is 28.3. The van der Waals surface area contributed by atoms with Gasteiger partial charge in [0, 0.05) is 5.69 Å². The highest BCUT2D eigenvalue weighted by atomic mass is 32.2. The van der Waals surface area contributed by atoms with Crippen molar-refractivity contribution in [3.05, 3.63) is 95.6 Å². The number of carbonyl (C=O) groups is 1. The first-order chi connectivity index (χ1) is 13.8. The predicted molar refractivity (Wildman–Crippen MR) is 115 cm³/mol. The Labute approximate surface area is 171 Å². The van der Waals surface area contributed by atoms with Crippen molar-refractivity contribution in [2.24, 2.45) is 0 Å². The average molecular weight is 409 g/mol. The maximum absolute atomic E-state index is 13.0. The molecule has 0 aromatic heterocycles. The van der Waals surface area contributed by atoms with E-state index < -0.39 is 22.0 Å². The number of rotatable bonds is 7. The summed E-state index contributed by atoms with van der Waals surface area (Å²) in [5.41, 5.74) is 3.39. The van der Waals surface area contributed by atoms with Gasteiger partial charge in [-0.2, -0.15) is 4.72 Å². The first-order valence-corrected chi connectivity index (χ1v) is 10.8. The predicted octanol–water partition coefficient (Wildman–Crippen LogP) is 3.83. The lowest BCUT2D eigenvalue weighted by atomic mass is 10.1. The molecule has 6 heteroatoms. The lowest BCUT2D eigenvalue weighted by Crippen LogP contribution is -2.45. The van der Waals surface area contributed by atoms with Crippen LogP contribution >= 0.6 is 0 Å². The molecule has 5 nitrogen and oxygen atoms in total. The summed E-state index contributed by atoms with van der Waals surface area (Å²) >= 11 is 0. The summed E-state index contributed by atoms with van der Waals surface area (Å²) in [4.78, 5) is 13.1. The van der Waals surface area contributed by atoms with E-state index in [9.17, 15) is 13.2 Å². The maximum atomic E-state index is 13.0. The van der Waals surface area contributed by atoms with Gasteiger partial charge in [0.15, 0.2) is 0 Å². The number of carbonyl (C=O) groups excluding carboxylic acids is 1. The zero-order valence-electron chi connectivity index (χ0n) is 16.4. The molecule has 1 atom stereocenters. The molecule has 3 rings (SSSR count). The number of hydrogen-bond acceptors (Lipinski definition) is 3. The van der Waals surface area contributed by atoms with Crippen LogP contribution in [-0.2, 0) is 21.2 Å². The number of para-hydroxylation sites is 1. The van der Waals surface area contributed by atoms with E-state index in [4.69, 9.17) is 0 Å². The Bertz CT molecular complexity index is 1080. The monoisotopic (exact) mass is 408 g/mol. The van der Waals surface area contributed by atoms with Gasteiger partial charge in [0.1, 0.15) is 6.04 Å². The number of sulfonamides is 1. The molecule has 0 saturated heterocycles. The molecule has 3 aromatic rings. The molecule has 0 bridgehead atoms. The standard InChI is InChI=1S/C23H24N2O3S/c1-17-12-14-20(15-13-17)29(27,28)25-22(16-19-9-4-3-5-10-19)23(26)24-21-11-7-6-8-18(21)2/h3-15,22,25H,16H2,1-2H3,(H,24,26)/t22-/m1/s1. The summed E-state index contributed by atoms with van der Waals surface area (Å²) in [6, 6.07) is 22.3. The minimum atomic E-state index is -3.85. The van der Waals surface area contributed by atoms with Gasteiger partial charge in [-0.15, -0.1) is 0 Å². The number of hydrogen-bond donors (Lipinski definition) is 2. The third kappa shape index (κ3) is 5.53. The van der Waals surface area contributed by atoms with Crippen molar-refractivity contribution in [2.45, 2.75) is 31.2 Å². The average Bonchev–Trinajstić information content (AvgIpc) is 2.70. The van der Waals surface area contributed by atoms with Crippen LogP contribution in [0.1, 0.15) is 16.7 Å². The summed E-state index contributed by atoms with van der Waals surface area (Å²) in [7, 11) is -3.85. The molecule has 0 heterocycles. The van der Waals surface area contributed by atoms with E-state index in [1.165, 1.54) is 12.1 Å². The van der Waals surface area contributed by atoms with Crippen molar-refractivity contribution in [3.8, 4) is 0 Å². The number of benzene rings is 3. The van der Waals surface area contributed by atoms with E-state index in [1.54, 1.807) is 18.2 Å². The normalized spacial score (nSPS) is 12.3. The number of anilines is 1. The highest BCUT2D eigenvalue weighted by Crippen LogP contribution is 2.16. The van der Waals surface area contributed by atoms with Gasteiger partial charge in [0.05, 0.1) is 4.90 Å². The molecule has 2 N–H and O–H groups in total. The summed E-state index contributed by atoms with van der Waals surface area (Å²) in [5, 5.41) is 2.85. The lowest BCUT2D eigenvalue weighted by molar-refractivity contribution is -0.117. The van der Waals surface area contributed by atoms with Gasteiger partial charge in [-0.1, -0.05) is 66.2 Å². The van der Waals surface area contributed by atoms with Crippen LogP contribution in [0.25, 0.3) is 0 Å². The van der Waals surface area contributed by atoms with Crippen LogP contribution in [0.2, 0.25) is 0 Å². The van der Waals surface area contributed by atoms with Gasteiger partial charge in [-0.05, 0) is 49.6 Å². The van der Waals surface area contributed by atoms with Crippen molar-refractivity contribution in [3.63, 3.8) is 0 Å². The van der Waals surface area contributed by atoms with Gasteiger partial charge < -0.3 is 5.32 Å². The highest BCUT2D eigenvalue weighted by Gasteiger charge is 2.26. The molecular weight excluding hydrogens is 384 g/mol. The molecule has 0 aliphatic carbocycles. The quantitative estimate of drug-likeness (QED) is 0.624. The summed E-state index contributed by atoms with van der Waals surface area (Å²) in [5.74, 6) is -0.404. The van der Waals surface area contributed by atoms with Crippen molar-refractivity contribution >= 4 is 21.6 Å². The molecule has 0 saturated carbocycles. The zero-order chi connectivity index (χ0) is 20.9. The first kappa shape index (κ1) is 20.8. The van der Waals surface area contributed by atoms with E-state index in [0.717, 1.165) is 16.7 Å². The summed E-state index contributed by atoms with van der Waals surface area (Å²) in [6.07, 6.45) is 0.240. The second-order valence-corrected chi connectivity index (χ2v) is 8.69. The number of amides is 1. The fourth-order valence-electron chi connectivity index (χ4n) is 2.94. The third-order valence-corrected chi connectivity index (χ3v) is 6.12. The Morgan fingerprint density at radius 1 is 0.862 bits per heavy atom. The fourth-order valence-corrected chi connectivity index (χ4v) is 4.14. The molecule has 29 heavy (non-hydrogen) atoms. The van der Waals surface area contributed by atoms with Gasteiger partial charge in [0.2, 0.25) is 15.9 Å². The SMILES string of the molecule is Cc1ccc(S(=O)(=O)N[C@H](Cc2ccccc2)C(=O)Nc2ccccc2C)cc1. The molecule has 0 radical (unpaired) electrons. The topological polar surface area (TPSA) is 75.3 Å². The molecule has 3 aromatic carbocycles. The fraction of sp³-hybridized carbons (Fsp3) is 0.174. The van der Waals surface area contributed by atoms with Crippen LogP contribution in [-0.4, -0.2) is 20.4 Å². The Morgan fingerprint density at radius 3 is 2.14 bits per heavy atom. The Balaban J connectivity index is 1.87. The first-order valence-electron chi connectivity index (χ1n) is 9.34. The van der Waals surface area contributed by atoms with Crippen molar-refractivity contribution in [1.82, 2.24) is 4.72 Å². The molecule has 0 fully saturated rings. The zero-order valence-corrected chi connectivity index (χ0v) is 17.2. The second-order valence-electron chi connectivity index (χ2n) is 6.98. The van der Waals surface area contributed by atoms with Crippen LogP contribution < -0.4 is 10.0 Å². The van der Waals surface area contributed by atoms with Gasteiger partial charge in [0.25, 0.3) is 0 Å². The van der Waals surface area contributed by atoms with Crippen molar-refractivity contribution < 1.29 is 13.2 Å². The molecule has 1 amide bonds. The molecular formula is C23H24N2O3S. The second kappa shape index (κ2) is 9.03. The molecule has 150 valence electrons. The van der Waals surface area contributed by atoms with Crippen LogP contribution in [0, 0.1) is 13.8 Å². The Hall–Kier alpha value is -2.96. The Morgan fingerprint density at radius 2 is 1.48 bits per heavy atom. The van der Waals surface area contributed by atoms with E-state index in [1.807, 2.05) is 62.4 Å². The summed E-state index contributed by atoms with van der Waals surface area (Å²) in [6.45, 7) is 3.77. The van der Waals surface area contributed by atoms with Gasteiger partial charge >= 0.3 is 0 Å². The van der Waals surface area contributed by atoms with Gasteiger partial charge in [-0.25, -0.2) is 8.42 Å². The molecule has 0 unspecified atom stereocenters. The highest BCUT2D eigenvalue weighted by molar-refractivity contribution is 7.89. The molecule has 0 spiro atoms.